The molecule has 0 bridgehead atoms. The van der Waals surface area contributed by atoms with Crippen LogP contribution < -0.4 is 64.6 Å². The second-order valence-corrected chi connectivity index (χ2v) is 23.6. The quantitative estimate of drug-likeness (QED) is 0.0231. The van der Waals surface area contributed by atoms with Crippen molar-refractivity contribution >= 4 is 104 Å². The molecule has 0 aromatic carbocycles. The third-order valence-electron chi connectivity index (χ3n) is 12.8. The summed E-state index contributed by atoms with van der Waals surface area (Å²) in [6, 6.07) is -12.0. The number of carboxylic acids is 2. The molecule has 0 spiro atoms. The zero-order valence-corrected chi connectivity index (χ0v) is 49.3. The topological polar surface area (TPSA) is 458 Å². The van der Waals surface area contributed by atoms with Crippen molar-refractivity contribution in [1.29, 1.82) is 0 Å². The molecule has 0 aromatic heterocycles. The second kappa shape index (κ2) is 33.0. The van der Waals surface area contributed by atoms with Crippen LogP contribution in [0.5, 0.6) is 0 Å². The fourth-order valence-corrected chi connectivity index (χ4v) is 10.6. The van der Waals surface area contributed by atoms with Crippen molar-refractivity contribution in [2.75, 3.05) is 26.2 Å². The summed E-state index contributed by atoms with van der Waals surface area (Å²) in [5.41, 5.74) is 10.8. The first-order valence-corrected chi connectivity index (χ1v) is 28.6. The van der Waals surface area contributed by atoms with Gasteiger partial charge in [0.1, 0.15) is 48.3 Å². The molecule has 2 aliphatic heterocycles. The lowest BCUT2D eigenvalue weighted by Gasteiger charge is -2.33. The summed E-state index contributed by atoms with van der Waals surface area (Å²) in [7, 11) is 2.11. The van der Waals surface area contributed by atoms with Crippen molar-refractivity contribution in [3.63, 3.8) is 0 Å². The number of rotatable bonds is 31. The van der Waals surface area contributed by atoms with Gasteiger partial charge in [0.15, 0.2) is 0 Å². The van der Waals surface area contributed by atoms with Crippen LogP contribution in [0.15, 0.2) is 24.6 Å². The highest BCUT2D eigenvalue weighted by molar-refractivity contribution is 8.77. The van der Waals surface area contributed by atoms with Gasteiger partial charge in [-0.1, -0.05) is 62.4 Å². The molecule has 0 saturated carbocycles. The fourth-order valence-electron chi connectivity index (χ4n) is 7.94. The highest BCUT2D eigenvalue weighted by Gasteiger charge is 2.43. The second-order valence-electron chi connectivity index (χ2n) is 20.5. The summed E-state index contributed by atoms with van der Waals surface area (Å²) in [5, 5.41) is 40.6. The number of carboxylic acid groups (broad SMARTS) is 2. The van der Waals surface area contributed by atoms with Crippen LogP contribution in [0.3, 0.4) is 0 Å². The van der Waals surface area contributed by atoms with Gasteiger partial charge in [-0.3, -0.25) is 67.1 Å². The van der Waals surface area contributed by atoms with Gasteiger partial charge in [0, 0.05) is 23.6 Å². The van der Waals surface area contributed by atoms with Gasteiger partial charge < -0.3 is 84.6 Å². The molecule has 2 heterocycles. The Hall–Kier alpha value is -7.32. The molecule has 0 aromatic rings. The van der Waals surface area contributed by atoms with Crippen LogP contribution in [0.2, 0.25) is 0 Å². The number of hydrogen-bond acceptors (Lipinski definition) is 18. The third kappa shape index (κ3) is 21.5. The highest BCUT2D eigenvalue weighted by atomic mass is 33.1. The number of hydrogen-bond donors (Lipinski definition) is 14. The molecule has 30 nitrogen and oxygen atoms in total. The molecule has 12 atom stereocenters. The number of likely N-dealkylation sites (tertiary alicyclic amines) is 2. The molecule has 0 aliphatic carbocycles. The van der Waals surface area contributed by atoms with Crippen molar-refractivity contribution in [3.05, 3.63) is 24.6 Å². The van der Waals surface area contributed by atoms with Gasteiger partial charge in [-0.05, 0) is 79.1 Å². The average Bonchev–Trinajstić information content (AvgIpc) is 4.11. The molecule has 2 saturated heterocycles. The van der Waals surface area contributed by atoms with E-state index in [1.807, 2.05) is 0 Å². The number of carbonyl (C=O) groups excluding carboxylic acids is 12. The van der Waals surface area contributed by atoms with E-state index in [0.29, 0.717) is 12.8 Å². The lowest BCUT2D eigenvalue weighted by atomic mass is 10.0. The number of nitrogens with zero attached hydrogens (tertiary/aromatic N) is 2. The summed E-state index contributed by atoms with van der Waals surface area (Å²) in [5.74, 6) is -13.2. The first-order chi connectivity index (χ1) is 38.1. The van der Waals surface area contributed by atoms with Crippen LogP contribution in [-0.4, -0.2) is 200 Å². The van der Waals surface area contributed by atoms with Crippen LogP contribution in [0.25, 0.3) is 0 Å². The Morgan fingerprint density at radius 1 is 0.488 bits per heavy atom. The van der Waals surface area contributed by atoms with Gasteiger partial charge in [0.05, 0.1) is 36.6 Å². The van der Waals surface area contributed by atoms with E-state index < -0.39 is 190 Å². The summed E-state index contributed by atoms with van der Waals surface area (Å²) in [6.45, 7) is 20.7. The first kappa shape index (κ1) is 70.8. The maximum atomic E-state index is 14.4. The smallest absolute Gasteiger partial charge is 0.325 e. The van der Waals surface area contributed by atoms with Crippen LogP contribution in [0.4, 0.5) is 0 Å². The largest absolute Gasteiger partial charge is 0.480 e. The summed E-state index contributed by atoms with van der Waals surface area (Å²) in [6.07, 6.45) is 1.03. The van der Waals surface area contributed by atoms with E-state index in [0.717, 1.165) is 21.6 Å². The van der Waals surface area contributed by atoms with Gasteiger partial charge in [0.25, 0.3) is 11.8 Å². The first-order valence-electron chi connectivity index (χ1n) is 26.4. The van der Waals surface area contributed by atoms with E-state index in [9.17, 15) is 67.1 Å². The Kier molecular flexibility index (Phi) is 28.4. The van der Waals surface area contributed by atoms with Crippen LogP contribution in [0.1, 0.15) is 94.9 Å². The zero-order valence-electron chi connectivity index (χ0n) is 47.6. The van der Waals surface area contributed by atoms with Crippen molar-refractivity contribution in [2.45, 2.75) is 166 Å². The van der Waals surface area contributed by atoms with E-state index in [1.165, 1.54) is 37.5 Å². The van der Waals surface area contributed by atoms with Crippen molar-refractivity contribution in [2.24, 2.45) is 23.3 Å². The van der Waals surface area contributed by atoms with Gasteiger partial charge in [-0.2, -0.15) is 0 Å². The normalized spacial score (nSPS) is 18.5. The van der Waals surface area contributed by atoms with E-state index in [-0.39, 0.29) is 25.9 Å². The maximum absolute atomic E-state index is 14.4. The van der Waals surface area contributed by atoms with E-state index in [2.05, 4.69) is 66.3 Å². The average molecular weight is 1200 g/mol. The molecule has 2 rings (SSSR count). The zero-order chi connectivity index (χ0) is 62.6. The standard InChI is InChI=1S/C50H80N14O16S2/c1-21(2)35(45(73)57-27(9)49(77)78)59-41(69)25(7)55-33(65)19-53-43(71)31-15-13-17-63(31)47(75)37(61-39(67)23(5)51)29(11)81-82-30(12)38(62-40(68)24(6)52)48(76)64-18-14-16-32(64)44(72)54-20-34(66)56-26(8)42(70)60-36(22(3)4)46(74)58-28(10)50(79)80/h21-24,27-32,35-38H,7-8,13-20,51-52H2,1-6,9-12H3,(H,53,71)(H,54,72)(H,55,65)(H,56,66)(H,57,73)(H,58,74)(H,59,69)(H,60,70)(H,61,67)(H,62,68)(H,77,78)(H,79,80)/t23-,24-,27-,28-,29+,30+,31-,32-,35-,36-,37-,38-/m0/s1. The van der Waals surface area contributed by atoms with E-state index in [1.54, 1.807) is 41.5 Å². The fraction of sp³-hybridized carbons (Fsp3) is 0.640. The van der Waals surface area contributed by atoms with Crippen LogP contribution >= 0.6 is 21.6 Å². The minimum absolute atomic E-state index is 0.0708. The molecule has 2 fully saturated rings. The molecule has 2 aliphatic rings. The van der Waals surface area contributed by atoms with Crippen molar-refractivity contribution < 1.29 is 77.3 Å². The van der Waals surface area contributed by atoms with Gasteiger partial charge in [-0.15, -0.1) is 0 Å². The number of nitrogens with two attached hydrogens (primary N) is 2. The highest BCUT2D eigenvalue weighted by Crippen LogP contribution is 2.36. The molecule has 12 amide bonds. The number of nitrogens with one attached hydrogen (secondary N) is 10. The van der Waals surface area contributed by atoms with Gasteiger partial charge in [0.2, 0.25) is 59.1 Å². The Balaban J connectivity index is 2.18. The minimum Gasteiger partial charge on any atom is -0.480 e. The summed E-state index contributed by atoms with van der Waals surface area (Å²) < 4.78 is 0. The molecule has 16 N–H and O–H groups in total. The SMILES string of the molecule is C=C(NC(=O)CNC(=O)[C@@H]1CCCN1C(=O)[C@@H](NC(=O)[C@H](C)N)[C@@H](C)SS[C@H](C)[C@H](NC(=O)[C@H](C)N)C(=O)N1CCC[C@H]1C(=O)NCC(=O)NC(=C)C(=O)N[C@H](C(=O)N[C@@H](C)C(=O)O)C(C)C)C(=O)N[C@H](C(=O)N[C@@H](C)C(=O)O)C(C)C. The molecule has 0 radical (unpaired) electrons. The summed E-state index contributed by atoms with van der Waals surface area (Å²) >= 11 is 0. The maximum Gasteiger partial charge on any atom is 0.325 e. The number of amides is 12. The van der Waals surface area contributed by atoms with Crippen molar-refractivity contribution in [1.82, 2.24) is 63.0 Å². The van der Waals surface area contributed by atoms with E-state index >= 15 is 0 Å². The third-order valence-corrected chi connectivity index (χ3v) is 16.3. The molecular formula is C50H80N14O16S2. The minimum atomic E-state index is -1.33. The number of aliphatic carboxylic acids is 2. The Bertz CT molecular complexity index is 2300. The van der Waals surface area contributed by atoms with E-state index in [4.69, 9.17) is 21.7 Å². The monoisotopic (exact) mass is 1200 g/mol. The van der Waals surface area contributed by atoms with Crippen LogP contribution in [0, 0.1) is 11.8 Å². The molecule has 458 valence electrons. The molecule has 32 heteroatoms. The molecule has 82 heavy (non-hydrogen) atoms. The van der Waals surface area contributed by atoms with Gasteiger partial charge in [-0.25, -0.2) is 0 Å². The summed E-state index contributed by atoms with van der Waals surface area (Å²) in [4.78, 5) is 184. The lowest BCUT2D eigenvalue weighted by Crippen LogP contribution is -2.59. The van der Waals surface area contributed by atoms with Crippen molar-refractivity contribution in [3.8, 4) is 0 Å². The Morgan fingerprint density at radius 2 is 0.805 bits per heavy atom. The Morgan fingerprint density at radius 3 is 1.09 bits per heavy atom. The molecular weight excluding hydrogens is 1120 g/mol. The van der Waals surface area contributed by atoms with Crippen LogP contribution in [-0.2, 0) is 67.1 Å². The van der Waals surface area contributed by atoms with Gasteiger partial charge >= 0.3 is 11.9 Å². The predicted octanol–water partition coefficient (Wildman–Crippen LogP) is -4.26. The Labute approximate surface area is 482 Å². The predicted molar refractivity (Wildman–Crippen MR) is 299 cm³/mol. The number of carbonyl (C=O) groups is 14. The lowest BCUT2D eigenvalue weighted by molar-refractivity contribution is -0.142. The molecule has 0 unspecified atom stereocenters.